The molecular formula is C14H21NO2. The highest BCUT2D eigenvalue weighted by Gasteiger charge is 2.12. The van der Waals surface area contributed by atoms with Gasteiger partial charge in [-0.05, 0) is 25.0 Å². The highest BCUT2D eigenvalue weighted by Crippen LogP contribution is 2.10. The number of rotatable bonds is 2. The van der Waals surface area contributed by atoms with Crippen LogP contribution in [0, 0.1) is 11.8 Å². The van der Waals surface area contributed by atoms with Crippen LogP contribution >= 0.6 is 0 Å². The molecule has 94 valence electrons. The fraction of sp³-hybridized carbons (Fsp3) is 0.571. The van der Waals surface area contributed by atoms with Gasteiger partial charge in [-0.3, -0.25) is 4.90 Å². The van der Waals surface area contributed by atoms with Crippen LogP contribution in [0.25, 0.3) is 0 Å². The summed E-state index contributed by atoms with van der Waals surface area (Å²) in [4.78, 5) is 2.32. The predicted molar refractivity (Wildman–Crippen MR) is 68.7 cm³/mol. The first-order valence-electron chi connectivity index (χ1n) is 6.20. The summed E-state index contributed by atoms with van der Waals surface area (Å²) < 4.78 is 10.9. The average molecular weight is 235 g/mol. The molecule has 0 bridgehead atoms. The minimum atomic E-state index is 0.751. The third kappa shape index (κ3) is 4.64. The summed E-state index contributed by atoms with van der Waals surface area (Å²) in [5.74, 6) is 7.46. The van der Waals surface area contributed by atoms with Gasteiger partial charge in [0.15, 0.2) is 5.76 Å². The summed E-state index contributed by atoms with van der Waals surface area (Å²) in [7, 11) is 0. The molecule has 1 saturated heterocycles. The first-order chi connectivity index (χ1) is 8.38. The Bertz CT molecular complexity index is 367. The molecule has 0 saturated carbocycles. The van der Waals surface area contributed by atoms with E-state index in [2.05, 4.69) is 16.7 Å². The third-order valence-electron chi connectivity index (χ3n) is 2.39. The van der Waals surface area contributed by atoms with Crippen molar-refractivity contribution < 1.29 is 9.15 Å². The molecule has 3 nitrogen and oxygen atoms in total. The van der Waals surface area contributed by atoms with Crippen LogP contribution in [0.4, 0.5) is 0 Å². The quantitative estimate of drug-likeness (QED) is 0.737. The van der Waals surface area contributed by atoms with Crippen LogP contribution in [0.5, 0.6) is 0 Å². The molecule has 2 heterocycles. The molecule has 0 radical (unpaired) electrons. The van der Waals surface area contributed by atoms with Gasteiger partial charge < -0.3 is 9.15 Å². The number of furan rings is 1. The molecule has 17 heavy (non-hydrogen) atoms. The zero-order valence-electron chi connectivity index (χ0n) is 11.0. The fourth-order valence-corrected chi connectivity index (χ4v) is 1.63. The minimum Gasteiger partial charge on any atom is -0.451 e. The zero-order chi connectivity index (χ0) is 12.5. The zero-order valence-corrected chi connectivity index (χ0v) is 11.0. The third-order valence-corrected chi connectivity index (χ3v) is 2.39. The Morgan fingerprint density at radius 2 is 1.94 bits per heavy atom. The van der Waals surface area contributed by atoms with Gasteiger partial charge in [0.25, 0.3) is 0 Å². The summed E-state index contributed by atoms with van der Waals surface area (Å²) >= 11 is 0. The van der Waals surface area contributed by atoms with Gasteiger partial charge in [0.05, 0.1) is 19.8 Å². The highest BCUT2D eigenvalue weighted by atomic mass is 16.5. The number of hydrogen-bond acceptors (Lipinski definition) is 3. The first kappa shape index (κ1) is 13.8. The van der Waals surface area contributed by atoms with Crippen LogP contribution < -0.4 is 0 Å². The standard InChI is InChI=1S/C12H15NO2.C2H6/c1-2-3-11-4-5-12(15-11)10-13-6-8-14-9-7-13;1-2/h4-5H,6-10H2,1H3;1-2H3. The van der Waals surface area contributed by atoms with E-state index in [0.717, 1.165) is 44.4 Å². The maximum atomic E-state index is 5.57. The molecule has 0 atom stereocenters. The summed E-state index contributed by atoms with van der Waals surface area (Å²) in [5.41, 5.74) is 0. The second-order valence-electron chi connectivity index (χ2n) is 3.53. The van der Waals surface area contributed by atoms with E-state index in [1.54, 1.807) is 0 Å². The van der Waals surface area contributed by atoms with Crippen LogP contribution in [0.1, 0.15) is 32.3 Å². The summed E-state index contributed by atoms with van der Waals surface area (Å²) in [6, 6.07) is 3.92. The lowest BCUT2D eigenvalue weighted by Gasteiger charge is -2.25. The van der Waals surface area contributed by atoms with E-state index in [1.807, 2.05) is 32.9 Å². The van der Waals surface area contributed by atoms with Gasteiger partial charge in [-0.2, -0.15) is 0 Å². The van der Waals surface area contributed by atoms with Crippen molar-refractivity contribution in [1.82, 2.24) is 4.90 Å². The maximum Gasteiger partial charge on any atom is 0.177 e. The number of nitrogens with zero attached hydrogens (tertiary/aromatic N) is 1. The Morgan fingerprint density at radius 3 is 2.59 bits per heavy atom. The van der Waals surface area contributed by atoms with Gasteiger partial charge in [-0.1, -0.05) is 19.8 Å². The second kappa shape index (κ2) is 7.94. The molecular weight excluding hydrogens is 214 g/mol. The Balaban J connectivity index is 0.000000686. The van der Waals surface area contributed by atoms with Crippen molar-refractivity contribution >= 4 is 0 Å². The maximum absolute atomic E-state index is 5.57. The molecule has 0 N–H and O–H groups in total. The van der Waals surface area contributed by atoms with E-state index in [-0.39, 0.29) is 0 Å². The van der Waals surface area contributed by atoms with Gasteiger partial charge in [0, 0.05) is 13.1 Å². The highest BCUT2D eigenvalue weighted by molar-refractivity contribution is 5.25. The van der Waals surface area contributed by atoms with Gasteiger partial charge in [-0.15, -0.1) is 0 Å². The Kier molecular flexibility index (Phi) is 6.46. The Hall–Kier alpha value is -1.24. The van der Waals surface area contributed by atoms with Crippen molar-refractivity contribution in [2.75, 3.05) is 26.3 Å². The molecule has 0 aromatic carbocycles. The molecule has 3 heteroatoms. The van der Waals surface area contributed by atoms with Crippen molar-refractivity contribution in [3.8, 4) is 11.8 Å². The predicted octanol–water partition coefficient (Wildman–Crippen LogP) is 2.51. The van der Waals surface area contributed by atoms with Gasteiger partial charge in [-0.25, -0.2) is 0 Å². The van der Waals surface area contributed by atoms with Crippen LogP contribution in [0.15, 0.2) is 16.5 Å². The molecule has 0 spiro atoms. The lowest BCUT2D eigenvalue weighted by molar-refractivity contribution is 0.0313. The van der Waals surface area contributed by atoms with Crippen LogP contribution in [0.3, 0.4) is 0 Å². The van der Waals surface area contributed by atoms with Gasteiger partial charge in [0.2, 0.25) is 0 Å². The lowest BCUT2D eigenvalue weighted by Crippen LogP contribution is -2.35. The van der Waals surface area contributed by atoms with Gasteiger partial charge >= 0.3 is 0 Å². The Morgan fingerprint density at radius 1 is 1.24 bits per heavy atom. The largest absolute Gasteiger partial charge is 0.451 e. The van der Waals surface area contributed by atoms with Crippen molar-refractivity contribution in [1.29, 1.82) is 0 Å². The number of ether oxygens (including phenoxy) is 1. The van der Waals surface area contributed by atoms with Crippen LogP contribution in [-0.2, 0) is 11.3 Å². The summed E-state index contributed by atoms with van der Waals surface area (Å²) in [5, 5.41) is 0. The summed E-state index contributed by atoms with van der Waals surface area (Å²) in [6.07, 6.45) is 0. The number of hydrogen-bond donors (Lipinski definition) is 0. The SMILES string of the molecule is CC.CC#Cc1ccc(CN2CCOCC2)o1. The van der Waals surface area contributed by atoms with Crippen molar-refractivity contribution in [2.45, 2.75) is 27.3 Å². The van der Waals surface area contributed by atoms with E-state index < -0.39 is 0 Å². The minimum absolute atomic E-state index is 0.751. The average Bonchev–Trinajstić information content (AvgIpc) is 2.81. The topological polar surface area (TPSA) is 25.6 Å². The molecule has 1 fully saturated rings. The van der Waals surface area contributed by atoms with Crippen LogP contribution in [-0.4, -0.2) is 31.2 Å². The molecule has 0 amide bonds. The van der Waals surface area contributed by atoms with E-state index in [4.69, 9.17) is 9.15 Å². The fourth-order valence-electron chi connectivity index (χ4n) is 1.63. The monoisotopic (exact) mass is 235 g/mol. The molecule has 1 aromatic heterocycles. The lowest BCUT2D eigenvalue weighted by atomic mass is 10.3. The second-order valence-corrected chi connectivity index (χ2v) is 3.53. The van der Waals surface area contributed by atoms with Gasteiger partial charge in [0.1, 0.15) is 5.76 Å². The normalized spacial score (nSPS) is 15.5. The Labute approximate surface area is 104 Å². The molecule has 1 aromatic rings. The first-order valence-corrected chi connectivity index (χ1v) is 6.20. The van der Waals surface area contributed by atoms with E-state index >= 15 is 0 Å². The summed E-state index contributed by atoms with van der Waals surface area (Å²) in [6.45, 7) is 10.3. The molecule has 1 aliphatic heterocycles. The molecule has 2 rings (SSSR count). The van der Waals surface area contributed by atoms with Crippen molar-refractivity contribution in [2.24, 2.45) is 0 Å². The van der Waals surface area contributed by atoms with Crippen molar-refractivity contribution in [3.05, 3.63) is 23.7 Å². The molecule has 1 aliphatic rings. The molecule has 0 unspecified atom stereocenters. The van der Waals surface area contributed by atoms with Crippen LogP contribution in [0.2, 0.25) is 0 Å². The van der Waals surface area contributed by atoms with E-state index in [1.165, 1.54) is 0 Å². The smallest absolute Gasteiger partial charge is 0.177 e. The number of morpholine rings is 1. The van der Waals surface area contributed by atoms with E-state index in [9.17, 15) is 0 Å². The van der Waals surface area contributed by atoms with E-state index in [0.29, 0.717) is 0 Å². The van der Waals surface area contributed by atoms with Crippen molar-refractivity contribution in [3.63, 3.8) is 0 Å². The molecule has 0 aliphatic carbocycles.